The summed E-state index contributed by atoms with van der Waals surface area (Å²) in [6.45, 7) is 10.4. The Bertz CT molecular complexity index is 604. The topological polar surface area (TPSA) is 21.3 Å². The molecule has 0 aliphatic heterocycles. The van der Waals surface area contributed by atoms with Gasteiger partial charge in [-0.15, -0.1) is 0 Å². The molecule has 0 bridgehead atoms. The van der Waals surface area contributed by atoms with Crippen LogP contribution in [0.3, 0.4) is 0 Å². The third-order valence-corrected chi connectivity index (χ3v) is 3.98. The quantitative estimate of drug-likeness (QED) is 0.660. The Hall–Kier alpha value is -1.96. The zero-order valence-corrected chi connectivity index (χ0v) is 14.8. The van der Waals surface area contributed by atoms with Gasteiger partial charge in [0.05, 0.1) is 6.61 Å². The van der Waals surface area contributed by atoms with Crippen molar-refractivity contribution in [3.63, 3.8) is 0 Å². The molecule has 0 aliphatic rings. The molecule has 0 aromatic heterocycles. The number of para-hydroxylation sites is 2. The van der Waals surface area contributed by atoms with E-state index < -0.39 is 0 Å². The molecule has 2 heteroatoms. The highest BCUT2D eigenvalue weighted by molar-refractivity contribution is 5.53. The fraction of sp³-hybridized carbons (Fsp3) is 0.429. The lowest BCUT2D eigenvalue weighted by Crippen LogP contribution is -2.07. The van der Waals surface area contributed by atoms with Crippen molar-refractivity contribution in [1.82, 2.24) is 0 Å². The molecular weight excluding hydrogens is 282 g/mol. The number of hydrogen-bond donors (Lipinski definition) is 1. The molecule has 1 N–H and O–H groups in total. The summed E-state index contributed by atoms with van der Waals surface area (Å²) in [6, 6.07) is 16.8. The lowest BCUT2D eigenvalue weighted by molar-refractivity contribution is 0.287. The van der Waals surface area contributed by atoms with Crippen molar-refractivity contribution in [2.75, 3.05) is 11.9 Å². The van der Waals surface area contributed by atoms with Crippen molar-refractivity contribution in [3.8, 4) is 5.75 Å². The average Bonchev–Trinajstić information content (AvgIpc) is 2.54. The number of hydrogen-bond acceptors (Lipinski definition) is 2. The molecule has 0 radical (unpaired) electrons. The normalized spacial score (nSPS) is 11.0. The Morgan fingerprint density at radius 3 is 2.35 bits per heavy atom. The molecule has 0 spiro atoms. The van der Waals surface area contributed by atoms with E-state index in [1.165, 1.54) is 16.8 Å². The highest BCUT2D eigenvalue weighted by Crippen LogP contribution is 2.26. The average molecular weight is 311 g/mol. The fourth-order valence-corrected chi connectivity index (χ4v) is 2.55. The largest absolute Gasteiger partial charge is 0.493 e. The number of anilines is 1. The summed E-state index contributed by atoms with van der Waals surface area (Å²) in [4.78, 5) is 0. The molecular formula is C21H29NO. The summed E-state index contributed by atoms with van der Waals surface area (Å²) in [7, 11) is 0. The lowest BCUT2D eigenvalue weighted by Gasteiger charge is -2.16. The summed E-state index contributed by atoms with van der Waals surface area (Å²) >= 11 is 0. The molecule has 0 unspecified atom stereocenters. The maximum Gasteiger partial charge on any atom is 0.124 e. The minimum atomic E-state index is 0.510. The van der Waals surface area contributed by atoms with Crippen molar-refractivity contribution >= 4 is 5.69 Å². The third-order valence-electron chi connectivity index (χ3n) is 3.98. The van der Waals surface area contributed by atoms with Gasteiger partial charge in [-0.05, 0) is 36.0 Å². The first-order valence-electron chi connectivity index (χ1n) is 8.61. The molecule has 2 nitrogen and oxygen atoms in total. The Morgan fingerprint density at radius 1 is 0.913 bits per heavy atom. The molecule has 124 valence electrons. The van der Waals surface area contributed by atoms with Crippen LogP contribution in [0.4, 0.5) is 5.69 Å². The number of ether oxygens (including phenoxy) is 1. The van der Waals surface area contributed by atoms with Crippen LogP contribution < -0.4 is 10.1 Å². The SMILES string of the molecule is CC(C)CCOc1ccccc1CNc1ccccc1C(C)C. The van der Waals surface area contributed by atoms with Gasteiger partial charge in [0.1, 0.15) is 5.75 Å². The van der Waals surface area contributed by atoms with Crippen LogP contribution in [0.2, 0.25) is 0 Å². The predicted molar refractivity (Wildman–Crippen MR) is 99.2 cm³/mol. The second kappa shape index (κ2) is 8.61. The lowest BCUT2D eigenvalue weighted by atomic mass is 10.0. The molecule has 2 aromatic carbocycles. The van der Waals surface area contributed by atoms with Crippen LogP contribution >= 0.6 is 0 Å². The number of benzene rings is 2. The zero-order valence-electron chi connectivity index (χ0n) is 14.8. The molecule has 23 heavy (non-hydrogen) atoms. The Kier molecular flexibility index (Phi) is 6.52. The van der Waals surface area contributed by atoms with E-state index in [0.29, 0.717) is 11.8 Å². The van der Waals surface area contributed by atoms with Gasteiger partial charge >= 0.3 is 0 Å². The molecule has 0 aliphatic carbocycles. The van der Waals surface area contributed by atoms with E-state index in [4.69, 9.17) is 4.74 Å². The maximum atomic E-state index is 5.97. The summed E-state index contributed by atoms with van der Waals surface area (Å²) in [5.74, 6) is 2.16. The molecule has 0 fully saturated rings. The summed E-state index contributed by atoms with van der Waals surface area (Å²) in [5, 5.41) is 3.57. The van der Waals surface area contributed by atoms with Crippen LogP contribution in [0, 0.1) is 5.92 Å². The van der Waals surface area contributed by atoms with Gasteiger partial charge < -0.3 is 10.1 Å². The van der Waals surface area contributed by atoms with E-state index in [9.17, 15) is 0 Å². The van der Waals surface area contributed by atoms with Gasteiger partial charge in [-0.25, -0.2) is 0 Å². The summed E-state index contributed by atoms with van der Waals surface area (Å²) in [6.07, 6.45) is 1.08. The first-order chi connectivity index (χ1) is 11.1. The predicted octanol–water partition coefficient (Wildman–Crippen LogP) is 5.85. The van der Waals surface area contributed by atoms with Gasteiger partial charge in [0, 0.05) is 17.8 Å². The van der Waals surface area contributed by atoms with Crippen molar-refractivity contribution in [1.29, 1.82) is 0 Å². The van der Waals surface area contributed by atoms with E-state index in [-0.39, 0.29) is 0 Å². The molecule has 2 aromatic rings. The number of nitrogens with one attached hydrogen (secondary N) is 1. The van der Waals surface area contributed by atoms with E-state index in [1.54, 1.807) is 0 Å². The van der Waals surface area contributed by atoms with E-state index in [2.05, 4.69) is 75.5 Å². The van der Waals surface area contributed by atoms with Crippen LogP contribution in [0.25, 0.3) is 0 Å². The second-order valence-corrected chi connectivity index (χ2v) is 6.73. The van der Waals surface area contributed by atoms with Gasteiger partial charge in [0.2, 0.25) is 0 Å². The molecule has 0 heterocycles. The fourth-order valence-electron chi connectivity index (χ4n) is 2.55. The van der Waals surface area contributed by atoms with E-state index in [1.807, 2.05) is 6.07 Å². The van der Waals surface area contributed by atoms with Crippen LogP contribution in [-0.4, -0.2) is 6.61 Å². The van der Waals surface area contributed by atoms with Gasteiger partial charge in [-0.3, -0.25) is 0 Å². The van der Waals surface area contributed by atoms with E-state index in [0.717, 1.165) is 25.3 Å². The van der Waals surface area contributed by atoms with Crippen molar-refractivity contribution < 1.29 is 4.74 Å². The Balaban J connectivity index is 2.03. The monoisotopic (exact) mass is 311 g/mol. The molecule has 2 rings (SSSR count). The van der Waals surface area contributed by atoms with Gasteiger partial charge in [-0.1, -0.05) is 64.1 Å². The first kappa shape index (κ1) is 17.4. The van der Waals surface area contributed by atoms with E-state index >= 15 is 0 Å². The van der Waals surface area contributed by atoms with Crippen LogP contribution in [0.15, 0.2) is 48.5 Å². The molecule has 0 atom stereocenters. The first-order valence-corrected chi connectivity index (χ1v) is 8.61. The Labute approximate surface area is 140 Å². The highest BCUT2D eigenvalue weighted by atomic mass is 16.5. The Morgan fingerprint density at radius 2 is 1.61 bits per heavy atom. The van der Waals surface area contributed by atoms with Crippen LogP contribution in [-0.2, 0) is 6.54 Å². The smallest absolute Gasteiger partial charge is 0.124 e. The number of rotatable bonds is 8. The second-order valence-electron chi connectivity index (χ2n) is 6.73. The molecule has 0 amide bonds. The van der Waals surface area contributed by atoms with Gasteiger partial charge in [-0.2, -0.15) is 0 Å². The molecule has 0 saturated carbocycles. The standard InChI is InChI=1S/C21H29NO/c1-16(2)13-14-23-21-12-8-5-9-18(21)15-22-20-11-7-6-10-19(20)17(3)4/h5-12,16-17,22H,13-15H2,1-4H3. The van der Waals surface area contributed by atoms with Crippen molar-refractivity contribution in [2.24, 2.45) is 5.92 Å². The zero-order chi connectivity index (χ0) is 16.7. The highest BCUT2D eigenvalue weighted by Gasteiger charge is 2.07. The molecule has 0 saturated heterocycles. The van der Waals surface area contributed by atoms with Crippen LogP contribution in [0.5, 0.6) is 5.75 Å². The minimum Gasteiger partial charge on any atom is -0.493 e. The maximum absolute atomic E-state index is 5.97. The van der Waals surface area contributed by atoms with Crippen LogP contribution in [0.1, 0.15) is 51.2 Å². The summed E-state index contributed by atoms with van der Waals surface area (Å²) in [5.41, 5.74) is 3.76. The summed E-state index contributed by atoms with van der Waals surface area (Å²) < 4.78 is 5.97. The minimum absolute atomic E-state index is 0.510. The van der Waals surface area contributed by atoms with Gasteiger partial charge in [0.15, 0.2) is 0 Å². The van der Waals surface area contributed by atoms with Crippen molar-refractivity contribution in [2.45, 2.75) is 46.6 Å². The van der Waals surface area contributed by atoms with Crippen molar-refractivity contribution in [3.05, 3.63) is 59.7 Å². The van der Waals surface area contributed by atoms with Gasteiger partial charge in [0.25, 0.3) is 0 Å². The third kappa shape index (κ3) is 5.31.